The third-order valence-corrected chi connectivity index (χ3v) is 6.00. The van der Waals surface area contributed by atoms with E-state index in [1.165, 1.54) is 29.1 Å². The first-order chi connectivity index (χ1) is 13.9. The molecule has 0 aliphatic carbocycles. The zero-order valence-electron chi connectivity index (χ0n) is 15.4. The summed E-state index contributed by atoms with van der Waals surface area (Å²) in [5, 5.41) is 35.7. The van der Waals surface area contributed by atoms with Gasteiger partial charge in [-0.25, -0.2) is 4.52 Å². The van der Waals surface area contributed by atoms with Crippen molar-refractivity contribution in [2.24, 2.45) is 5.10 Å². The third-order valence-electron chi connectivity index (χ3n) is 4.17. The van der Waals surface area contributed by atoms with Crippen molar-refractivity contribution in [3.8, 4) is 12.1 Å². The quantitative estimate of drug-likeness (QED) is 0.484. The van der Waals surface area contributed by atoms with Crippen LogP contribution in [0.5, 0.6) is 0 Å². The lowest BCUT2D eigenvalue weighted by atomic mass is 10.2. The standard InChI is InChI=1S/C19H16N6O3S/c1-14-2-3-15(10-20)9-19(14)29(27,28)25(6-7-26)23-13-17-12-22-24-5-4-16(11-21)8-18(17)24/h2-5,8-9,12-13,26H,6-7H2,1H3. The number of fused-ring (bicyclic) bond motifs is 1. The highest BCUT2D eigenvalue weighted by Crippen LogP contribution is 2.22. The minimum absolute atomic E-state index is 0.0613. The van der Waals surface area contributed by atoms with Crippen molar-refractivity contribution in [3.63, 3.8) is 0 Å². The van der Waals surface area contributed by atoms with E-state index in [2.05, 4.69) is 10.2 Å². The van der Waals surface area contributed by atoms with Gasteiger partial charge in [-0.15, -0.1) is 0 Å². The minimum Gasteiger partial charge on any atom is -0.394 e. The predicted octanol–water partition coefficient (Wildman–Crippen LogP) is 1.40. The molecule has 2 heterocycles. The van der Waals surface area contributed by atoms with Crippen LogP contribution in [0, 0.1) is 29.6 Å². The van der Waals surface area contributed by atoms with Crippen LogP contribution in [0.25, 0.3) is 5.52 Å². The molecule has 0 spiro atoms. The van der Waals surface area contributed by atoms with Crippen LogP contribution in [0.4, 0.5) is 0 Å². The molecular formula is C19H16N6O3S. The van der Waals surface area contributed by atoms with E-state index in [-0.39, 0.29) is 17.0 Å². The van der Waals surface area contributed by atoms with E-state index >= 15 is 0 Å². The average molecular weight is 408 g/mol. The van der Waals surface area contributed by atoms with Crippen molar-refractivity contribution in [3.05, 3.63) is 65.0 Å². The van der Waals surface area contributed by atoms with Crippen LogP contribution in [0.15, 0.2) is 52.7 Å². The number of aliphatic hydroxyl groups is 1. The molecule has 0 amide bonds. The molecule has 3 rings (SSSR count). The highest BCUT2D eigenvalue weighted by molar-refractivity contribution is 7.89. The molecule has 0 atom stereocenters. The third kappa shape index (κ3) is 3.94. The largest absolute Gasteiger partial charge is 0.394 e. The summed E-state index contributed by atoms with van der Waals surface area (Å²) < 4.78 is 28.4. The molecule has 146 valence electrons. The summed E-state index contributed by atoms with van der Waals surface area (Å²) in [6.45, 7) is 0.905. The van der Waals surface area contributed by atoms with Gasteiger partial charge in [0.05, 0.1) is 59.2 Å². The molecule has 0 saturated carbocycles. The van der Waals surface area contributed by atoms with E-state index in [0.29, 0.717) is 22.2 Å². The van der Waals surface area contributed by atoms with E-state index in [1.807, 2.05) is 12.1 Å². The van der Waals surface area contributed by atoms with Gasteiger partial charge in [0, 0.05) is 11.8 Å². The van der Waals surface area contributed by atoms with Gasteiger partial charge < -0.3 is 5.11 Å². The lowest BCUT2D eigenvalue weighted by Gasteiger charge is -2.19. The maximum absolute atomic E-state index is 13.1. The highest BCUT2D eigenvalue weighted by atomic mass is 32.2. The van der Waals surface area contributed by atoms with Crippen molar-refractivity contribution < 1.29 is 13.5 Å². The fraction of sp³-hybridized carbons (Fsp3) is 0.158. The summed E-state index contributed by atoms with van der Waals surface area (Å²) in [6.07, 6.45) is 4.41. The van der Waals surface area contributed by atoms with Gasteiger partial charge >= 0.3 is 0 Å². The normalized spacial score (nSPS) is 11.4. The summed E-state index contributed by atoms with van der Waals surface area (Å²) in [5.74, 6) is 0. The molecule has 10 heteroatoms. The van der Waals surface area contributed by atoms with Gasteiger partial charge in [0.1, 0.15) is 0 Å². The predicted molar refractivity (Wildman–Crippen MR) is 104 cm³/mol. The summed E-state index contributed by atoms with van der Waals surface area (Å²) in [5.41, 5.74) is 2.17. The maximum atomic E-state index is 13.1. The average Bonchev–Trinajstić information content (AvgIpc) is 3.13. The summed E-state index contributed by atoms with van der Waals surface area (Å²) in [7, 11) is -4.10. The molecule has 3 aromatic rings. The molecule has 0 fully saturated rings. The lowest BCUT2D eigenvalue weighted by Crippen LogP contribution is -2.29. The van der Waals surface area contributed by atoms with E-state index in [4.69, 9.17) is 10.5 Å². The van der Waals surface area contributed by atoms with Crippen molar-refractivity contribution in [2.45, 2.75) is 11.8 Å². The summed E-state index contributed by atoms with van der Waals surface area (Å²) in [6, 6.07) is 11.5. The number of nitrogens with zero attached hydrogens (tertiary/aromatic N) is 6. The Bertz CT molecular complexity index is 1280. The fourth-order valence-electron chi connectivity index (χ4n) is 2.68. The number of hydrogen-bond acceptors (Lipinski definition) is 7. The van der Waals surface area contributed by atoms with E-state index in [1.54, 1.807) is 31.3 Å². The van der Waals surface area contributed by atoms with Crippen LogP contribution in [0.2, 0.25) is 0 Å². The van der Waals surface area contributed by atoms with Crippen LogP contribution in [0.1, 0.15) is 22.3 Å². The smallest absolute Gasteiger partial charge is 0.279 e. The molecule has 1 N–H and O–H groups in total. The summed E-state index contributed by atoms with van der Waals surface area (Å²) >= 11 is 0. The van der Waals surface area contributed by atoms with Crippen LogP contribution in [0.3, 0.4) is 0 Å². The Morgan fingerprint density at radius 3 is 2.66 bits per heavy atom. The first-order valence-corrected chi connectivity index (χ1v) is 9.90. The number of rotatable bonds is 6. The monoisotopic (exact) mass is 408 g/mol. The fourth-order valence-corrected chi connectivity index (χ4v) is 4.15. The Kier molecular flexibility index (Phi) is 5.59. The van der Waals surface area contributed by atoms with Gasteiger partial charge in [-0.05, 0) is 36.8 Å². The van der Waals surface area contributed by atoms with Gasteiger partial charge in [0.2, 0.25) is 0 Å². The molecule has 0 bridgehead atoms. The minimum atomic E-state index is -4.10. The topological polar surface area (TPSA) is 135 Å². The zero-order chi connectivity index (χ0) is 21.0. The molecule has 29 heavy (non-hydrogen) atoms. The Morgan fingerprint density at radius 2 is 1.97 bits per heavy atom. The molecule has 0 radical (unpaired) electrons. The Morgan fingerprint density at radius 1 is 1.24 bits per heavy atom. The molecule has 0 aliphatic heterocycles. The van der Waals surface area contributed by atoms with Crippen molar-refractivity contribution >= 4 is 21.8 Å². The van der Waals surface area contributed by atoms with Crippen LogP contribution in [-0.4, -0.2) is 46.9 Å². The van der Waals surface area contributed by atoms with Gasteiger partial charge in [-0.3, -0.25) is 0 Å². The van der Waals surface area contributed by atoms with Crippen molar-refractivity contribution in [2.75, 3.05) is 13.2 Å². The number of aliphatic hydroxyl groups excluding tert-OH is 1. The number of hydrogen-bond donors (Lipinski definition) is 1. The second-order valence-electron chi connectivity index (χ2n) is 6.07. The van der Waals surface area contributed by atoms with Crippen molar-refractivity contribution in [1.82, 2.24) is 14.0 Å². The maximum Gasteiger partial charge on any atom is 0.279 e. The number of benzene rings is 1. The SMILES string of the molecule is Cc1ccc(C#N)cc1S(=O)(=O)N(CCO)N=Cc1cnn2ccc(C#N)cc12. The van der Waals surface area contributed by atoms with E-state index < -0.39 is 16.6 Å². The molecule has 0 saturated heterocycles. The number of hydrazone groups is 1. The van der Waals surface area contributed by atoms with Crippen molar-refractivity contribution in [1.29, 1.82) is 10.5 Å². The molecular weight excluding hydrogens is 392 g/mol. The Balaban J connectivity index is 2.03. The number of pyridine rings is 1. The Labute approximate surface area is 167 Å². The van der Waals surface area contributed by atoms with Crippen LogP contribution < -0.4 is 0 Å². The summed E-state index contributed by atoms with van der Waals surface area (Å²) in [4.78, 5) is -0.0613. The highest BCUT2D eigenvalue weighted by Gasteiger charge is 2.25. The molecule has 0 aliphatic rings. The second-order valence-corrected chi connectivity index (χ2v) is 7.88. The van der Waals surface area contributed by atoms with E-state index in [0.717, 1.165) is 4.41 Å². The Hall–Kier alpha value is -3.73. The van der Waals surface area contributed by atoms with Crippen LogP contribution in [-0.2, 0) is 10.0 Å². The first-order valence-electron chi connectivity index (χ1n) is 8.46. The van der Waals surface area contributed by atoms with Gasteiger partial charge in [-0.2, -0.15) is 33.6 Å². The second kappa shape index (κ2) is 8.10. The number of sulfonamides is 1. The zero-order valence-corrected chi connectivity index (χ0v) is 16.2. The van der Waals surface area contributed by atoms with Gasteiger partial charge in [0.15, 0.2) is 0 Å². The lowest BCUT2D eigenvalue weighted by molar-refractivity contribution is 0.257. The number of aromatic nitrogens is 2. The molecule has 2 aromatic heterocycles. The molecule has 0 unspecified atom stereocenters. The van der Waals surface area contributed by atoms with Gasteiger partial charge in [0.25, 0.3) is 10.0 Å². The van der Waals surface area contributed by atoms with E-state index in [9.17, 15) is 13.5 Å². The molecule has 9 nitrogen and oxygen atoms in total. The number of aryl methyl sites for hydroxylation is 1. The first kappa shape index (κ1) is 20.0. The van der Waals surface area contributed by atoms with Gasteiger partial charge in [-0.1, -0.05) is 6.07 Å². The van der Waals surface area contributed by atoms with Crippen LogP contribution >= 0.6 is 0 Å². The number of nitriles is 2. The molecule has 1 aromatic carbocycles.